The highest BCUT2D eigenvalue weighted by atomic mass is 16.3. The number of nitrogens with zero attached hydrogens (tertiary/aromatic N) is 3. The van der Waals surface area contributed by atoms with E-state index in [4.69, 9.17) is 5.73 Å². The zero-order valence-corrected chi connectivity index (χ0v) is 8.98. The predicted molar refractivity (Wildman–Crippen MR) is 59.6 cm³/mol. The molecule has 7 heteroatoms. The molecule has 2 unspecified atom stereocenters. The topological polar surface area (TPSA) is 121 Å². The van der Waals surface area contributed by atoms with Crippen LogP contribution in [-0.2, 0) is 0 Å². The van der Waals surface area contributed by atoms with Crippen molar-refractivity contribution in [3.8, 4) is 11.4 Å². The van der Waals surface area contributed by atoms with Crippen molar-refractivity contribution in [1.82, 2.24) is 20.6 Å². The summed E-state index contributed by atoms with van der Waals surface area (Å²) in [6.45, 7) is 0.00770. The van der Waals surface area contributed by atoms with Gasteiger partial charge in [0, 0.05) is 12.1 Å². The van der Waals surface area contributed by atoms with Crippen LogP contribution in [0.1, 0.15) is 11.7 Å². The third-order valence-corrected chi connectivity index (χ3v) is 2.46. The first kappa shape index (κ1) is 11.6. The number of hydrogen-bond acceptors (Lipinski definition) is 6. The molecule has 5 N–H and O–H groups in total. The van der Waals surface area contributed by atoms with Crippen LogP contribution in [0.4, 0.5) is 0 Å². The molecule has 0 bridgehead atoms. The molecule has 0 aliphatic heterocycles. The number of rotatable bonds is 4. The van der Waals surface area contributed by atoms with Crippen LogP contribution in [0, 0.1) is 0 Å². The molecule has 0 spiro atoms. The van der Waals surface area contributed by atoms with Crippen molar-refractivity contribution >= 4 is 0 Å². The Morgan fingerprint density at radius 2 is 1.94 bits per heavy atom. The van der Waals surface area contributed by atoms with Gasteiger partial charge in [-0.15, -0.1) is 10.2 Å². The lowest BCUT2D eigenvalue weighted by Crippen LogP contribution is -2.27. The molecule has 2 atom stereocenters. The SMILES string of the molecule is NCC(O)C(O)c1ccc(-c2nn[nH]n2)cc1. The van der Waals surface area contributed by atoms with Gasteiger partial charge in [0.25, 0.3) is 0 Å². The van der Waals surface area contributed by atoms with Crippen LogP contribution in [0.2, 0.25) is 0 Å². The molecule has 2 rings (SSSR count). The van der Waals surface area contributed by atoms with Crippen molar-refractivity contribution in [2.75, 3.05) is 6.54 Å². The average Bonchev–Trinajstić information content (AvgIpc) is 2.91. The lowest BCUT2D eigenvalue weighted by atomic mass is 10.0. The first-order valence-electron chi connectivity index (χ1n) is 5.12. The molecule has 1 aromatic carbocycles. The van der Waals surface area contributed by atoms with Gasteiger partial charge in [0.05, 0.1) is 6.10 Å². The largest absolute Gasteiger partial charge is 0.389 e. The number of H-pyrrole nitrogens is 1. The minimum atomic E-state index is -0.987. The molecule has 0 saturated heterocycles. The maximum atomic E-state index is 9.73. The fraction of sp³-hybridized carbons (Fsp3) is 0.300. The molecule has 7 nitrogen and oxygen atoms in total. The smallest absolute Gasteiger partial charge is 0.204 e. The van der Waals surface area contributed by atoms with Crippen LogP contribution in [0.3, 0.4) is 0 Å². The number of tetrazole rings is 1. The molecule has 0 radical (unpaired) electrons. The van der Waals surface area contributed by atoms with Crippen LogP contribution < -0.4 is 5.73 Å². The number of hydrogen-bond donors (Lipinski definition) is 4. The summed E-state index contributed by atoms with van der Waals surface area (Å²) in [7, 11) is 0. The van der Waals surface area contributed by atoms with Crippen LogP contribution in [0.25, 0.3) is 11.4 Å². The summed E-state index contributed by atoms with van der Waals surface area (Å²) in [5.41, 5.74) is 6.64. The summed E-state index contributed by atoms with van der Waals surface area (Å²) >= 11 is 0. The number of nitrogens with one attached hydrogen (secondary N) is 1. The minimum Gasteiger partial charge on any atom is -0.389 e. The molecule has 0 saturated carbocycles. The lowest BCUT2D eigenvalue weighted by Gasteiger charge is -2.16. The zero-order chi connectivity index (χ0) is 12.3. The van der Waals surface area contributed by atoms with E-state index in [1.54, 1.807) is 24.3 Å². The Labute approximate surface area is 97.3 Å². The Kier molecular flexibility index (Phi) is 3.43. The summed E-state index contributed by atoms with van der Waals surface area (Å²) in [5.74, 6) is 0.477. The fourth-order valence-corrected chi connectivity index (χ4v) is 1.46. The highest BCUT2D eigenvalue weighted by molar-refractivity contribution is 5.54. The second kappa shape index (κ2) is 5.00. The summed E-state index contributed by atoms with van der Waals surface area (Å²) in [4.78, 5) is 0. The molecule has 17 heavy (non-hydrogen) atoms. The van der Waals surface area contributed by atoms with E-state index in [0.29, 0.717) is 11.4 Å². The van der Waals surface area contributed by atoms with Gasteiger partial charge in [0.2, 0.25) is 5.82 Å². The van der Waals surface area contributed by atoms with Gasteiger partial charge in [-0.2, -0.15) is 5.21 Å². The Morgan fingerprint density at radius 1 is 1.24 bits per heavy atom. The maximum Gasteiger partial charge on any atom is 0.204 e. The van der Waals surface area contributed by atoms with Gasteiger partial charge < -0.3 is 15.9 Å². The predicted octanol–water partition coefficient (Wildman–Crippen LogP) is -0.780. The molecule has 1 heterocycles. The molecular formula is C10H13N5O2. The Morgan fingerprint density at radius 3 is 2.47 bits per heavy atom. The van der Waals surface area contributed by atoms with Crippen molar-refractivity contribution in [1.29, 1.82) is 0 Å². The fourth-order valence-electron chi connectivity index (χ4n) is 1.46. The van der Waals surface area contributed by atoms with Gasteiger partial charge >= 0.3 is 0 Å². The van der Waals surface area contributed by atoms with Gasteiger partial charge in [-0.1, -0.05) is 24.3 Å². The second-order valence-electron chi connectivity index (χ2n) is 3.61. The number of benzene rings is 1. The van der Waals surface area contributed by atoms with Crippen molar-refractivity contribution in [3.63, 3.8) is 0 Å². The average molecular weight is 235 g/mol. The van der Waals surface area contributed by atoms with E-state index in [2.05, 4.69) is 20.6 Å². The minimum absolute atomic E-state index is 0.00770. The van der Waals surface area contributed by atoms with Crippen LogP contribution in [-0.4, -0.2) is 43.5 Å². The number of aliphatic hydroxyl groups is 2. The van der Waals surface area contributed by atoms with Gasteiger partial charge in [-0.05, 0) is 10.8 Å². The third-order valence-electron chi connectivity index (χ3n) is 2.46. The third kappa shape index (κ3) is 2.47. The second-order valence-corrected chi connectivity index (χ2v) is 3.61. The van der Waals surface area contributed by atoms with Crippen LogP contribution in [0.5, 0.6) is 0 Å². The summed E-state index contributed by atoms with van der Waals surface area (Å²) < 4.78 is 0. The van der Waals surface area contributed by atoms with E-state index in [1.807, 2.05) is 0 Å². The summed E-state index contributed by atoms with van der Waals surface area (Å²) in [6, 6.07) is 6.86. The first-order valence-corrected chi connectivity index (χ1v) is 5.12. The first-order chi connectivity index (χ1) is 8.22. The van der Waals surface area contributed by atoms with E-state index in [-0.39, 0.29) is 6.54 Å². The lowest BCUT2D eigenvalue weighted by molar-refractivity contribution is 0.0243. The molecule has 0 aliphatic carbocycles. The Bertz CT molecular complexity index is 456. The van der Waals surface area contributed by atoms with Crippen molar-refractivity contribution in [2.24, 2.45) is 5.73 Å². The van der Waals surface area contributed by atoms with Gasteiger partial charge in [0.15, 0.2) is 0 Å². The van der Waals surface area contributed by atoms with E-state index in [9.17, 15) is 10.2 Å². The quantitative estimate of drug-likeness (QED) is 0.551. The Balaban J connectivity index is 2.18. The molecule has 1 aromatic heterocycles. The van der Waals surface area contributed by atoms with E-state index >= 15 is 0 Å². The molecule has 90 valence electrons. The van der Waals surface area contributed by atoms with Gasteiger partial charge in [-0.25, -0.2) is 0 Å². The van der Waals surface area contributed by atoms with Crippen molar-refractivity contribution in [3.05, 3.63) is 29.8 Å². The summed E-state index contributed by atoms with van der Waals surface area (Å²) in [6.07, 6.45) is -1.95. The van der Waals surface area contributed by atoms with E-state index < -0.39 is 12.2 Å². The molecule has 0 amide bonds. The monoisotopic (exact) mass is 235 g/mol. The van der Waals surface area contributed by atoms with Gasteiger partial charge in [-0.3, -0.25) is 0 Å². The normalized spacial score (nSPS) is 14.5. The number of aliphatic hydroxyl groups excluding tert-OH is 2. The van der Waals surface area contributed by atoms with Crippen molar-refractivity contribution in [2.45, 2.75) is 12.2 Å². The van der Waals surface area contributed by atoms with Crippen molar-refractivity contribution < 1.29 is 10.2 Å². The molecule has 2 aromatic rings. The highest BCUT2D eigenvalue weighted by Crippen LogP contribution is 2.20. The van der Waals surface area contributed by atoms with E-state index in [1.165, 1.54) is 0 Å². The zero-order valence-electron chi connectivity index (χ0n) is 8.98. The number of aromatic amines is 1. The van der Waals surface area contributed by atoms with E-state index in [0.717, 1.165) is 5.56 Å². The maximum absolute atomic E-state index is 9.73. The molecule has 0 fully saturated rings. The molecule has 0 aliphatic rings. The van der Waals surface area contributed by atoms with Gasteiger partial charge in [0.1, 0.15) is 6.10 Å². The standard InChI is InChI=1S/C10H13N5O2/c11-5-8(16)9(17)6-1-3-7(4-2-6)10-12-14-15-13-10/h1-4,8-9,16-17H,5,11H2,(H,12,13,14,15). The number of nitrogens with two attached hydrogens (primary N) is 1. The summed E-state index contributed by atoms with van der Waals surface area (Å²) in [5, 5.41) is 32.6. The molecular weight excluding hydrogens is 222 g/mol. The Hall–Kier alpha value is -1.83. The number of aromatic nitrogens is 4. The highest BCUT2D eigenvalue weighted by Gasteiger charge is 2.16. The van der Waals surface area contributed by atoms with Crippen LogP contribution in [0.15, 0.2) is 24.3 Å². The van der Waals surface area contributed by atoms with Crippen LogP contribution >= 0.6 is 0 Å².